The van der Waals surface area contributed by atoms with E-state index in [0.29, 0.717) is 5.92 Å². The zero-order chi connectivity index (χ0) is 15.2. The van der Waals surface area contributed by atoms with Gasteiger partial charge in [-0.3, -0.25) is 4.79 Å². The molecular weight excluding hydrogens is 300 g/mol. The highest BCUT2D eigenvalue weighted by molar-refractivity contribution is 9.10. The molecule has 1 aliphatic rings. The van der Waals surface area contributed by atoms with Crippen molar-refractivity contribution in [3.63, 3.8) is 0 Å². The number of hydrogen-bond donors (Lipinski definition) is 0. The second kappa shape index (κ2) is 4.87. The first-order valence-corrected chi connectivity index (χ1v) is 7.78. The molecular formula is C17H27BrO. The molecule has 0 amide bonds. The smallest absolute Gasteiger partial charge is 0.185 e. The maximum absolute atomic E-state index is 12.8. The van der Waals surface area contributed by atoms with Gasteiger partial charge in [0.1, 0.15) is 0 Å². The van der Waals surface area contributed by atoms with Gasteiger partial charge in [-0.25, -0.2) is 0 Å². The van der Waals surface area contributed by atoms with Gasteiger partial charge >= 0.3 is 0 Å². The van der Waals surface area contributed by atoms with Crippen LogP contribution in [0.1, 0.15) is 55.4 Å². The van der Waals surface area contributed by atoms with Crippen molar-refractivity contribution in [2.24, 2.45) is 16.7 Å². The molecule has 0 aromatic rings. The van der Waals surface area contributed by atoms with Gasteiger partial charge in [0, 0.05) is 11.1 Å². The molecule has 0 N–H and O–H groups in total. The molecule has 0 fully saturated rings. The minimum atomic E-state index is -0.216. The maximum atomic E-state index is 12.8. The van der Waals surface area contributed by atoms with E-state index in [0.717, 1.165) is 11.1 Å². The Morgan fingerprint density at radius 1 is 0.947 bits per heavy atom. The van der Waals surface area contributed by atoms with Crippen molar-refractivity contribution in [1.29, 1.82) is 0 Å². The van der Waals surface area contributed by atoms with E-state index in [9.17, 15) is 4.79 Å². The molecule has 2 heteroatoms. The Labute approximate surface area is 126 Å². The molecule has 19 heavy (non-hydrogen) atoms. The lowest BCUT2D eigenvalue weighted by molar-refractivity contribution is -0.114. The van der Waals surface area contributed by atoms with Gasteiger partial charge < -0.3 is 0 Å². The molecule has 0 unspecified atom stereocenters. The molecule has 0 aromatic heterocycles. The Kier molecular flexibility index (Phi) is 4.28. The van der Waals surface area contributed by atoms with Crippen molar-refractivity contribution < 1.29 is 4.79 Å². The minimum Gasteiger partial charge on any atom is -0.289 e. The molecule has 0 atom stereocenters. The number of Topliss-reactive ketones (excluding diaryl/α,β-unsaturated/α-hetero) is 1. The summed E-state index contributed by atoms with van der Waals surface area (Å²) in [5.74, 6) is 0.603. The van der Waals surface area contributed by atoms with Crippen LogP contribution in [0.3, 0.4) is 0 Å². The van der Waals surface area contributed by atoms with Crippen LogP contribution in [0.5, 0.6) is 0 Å². The fourth-order valence-corrected chi connectivity index (χ4v) is 2.67. The summed E-state index contributed by atoms with van der Waals surface area (Å²) in [5.41, 5.74) is 1.59. The molecule has 0 spiro atoms. The normalized spacial score (nSPS) is 20.4. The predicted molar refractivity (Wildman–Crippen MR) is 86.6 cm³/mol. The van der Waals surface area contributed by atoms with Crippen molar-refractivity contribution in [3.8, 4) is 0 Å². The highest BCUT2D eigenvalue weighted by atomic mass is 79.9. The zero-order valence-electron chi connectivity index (χ0n) is 13.5. The van der Waals surface area contributed by atoms with Gasteiger partial charge in [0.15, 0.2) is 5.78 Å². The number of carbonyl (C=O) groups excluding carboxylic acids is 1. The van der Waals surface area contributed by atoms with Crippen molar-refractivity contribution in [2.45, 2.75) is 59.7 Å². The van der Waals surface area contributed by atoms with Crippen molar-refractivity contribution >= 4 is 21.7 Å². The Bertz CT molecular complexity index is 405. The minimum absolute atomic E-state index is 0.129. The predicted octanol–water partition coefficient (Wildman–Crippen LogP) is 5.30. The number of ketones is 1. The van der Waals surface area contributed by atoms with Gasteiger partial charge in [-0.05, 0) is 16.7 Å². The molecule has 0 heterocycles. The van der Waals surface area contributed by atoms with Crippen LogP contribution in [-0.2, 0) is 4.79 Å². The second-order valence-corrected chi connectivity index (χ2v) is 9.30. The van der Waals surface area contributed by atoms with E-state index in [-0.39, 0.29) is 20.9 Å². The molecule has 0 bridgehead atoms. The maximum Gasteiger partial charge on any atom is 0.185 e. The highest BCUT2D eigenvalue weighted by Crippen LogP contribution is 2.45. The number of rotatable bonds is 1. The van der Waals surface area contributed by atoms with E-state index in [4.69, 9.17) is 0 Å². The number of allylic oxidation sites excluding steroid dienone is 4. The van der Waals surface area contributed by atoms with Crippen LogP contribution in [0.15, 0.2) is 23.3 Å². The first-order valence-electron chi connectivity index (χ1n) is 6.99. The fraction of sp³-hybridized carbons (Fsp3) is 0.706. The van der Waals surface area contributed by atoms with Gasteiger partial charge in [0.05, 0.1) is 4.32 Å². The highest BCUT2D eigenvalue weighted by Gasteiger charge is 2.40. The van der Waals surface area contributed by atoms with Gasteiger partial charge in [0.25, 0.3) is 0 Å². The van der Waals surface area contributed by atoms with Crippen LogP contribution < -0.4 is 0 Å². The summed E-state index contributed by atoms with van der Waals surface area (Å²) in [7, 11) is 0. The third-order valence-electron chi connectivity index (χ3n) is 3.72. The van der Waals surface area contributed by atoms with Crippen LogP contribution in [0, 0.1) is 16.7 Å². The summed E-state index contributed by atoms with van der Waals surface area (Å²) in [4.78, 5) is 12.8. The molecule has 0 radical (unpaired) electrons. The van der Waals surface area contributed by atoms with Gasteiger partial charge in [-0.2, -0.15) is 0 Å². The lowest BCUT2D eigenvalue weighted by atomic mass is 9.69. The van der Waals surface area contributed by atoms with E-state index in [1.54, 1.807) is 0 Å². The lowest BCUT2D eigenvalue weighted by Gasteiger charge is -2.38. The van der Waals surface area contributed by atoms with Crippen LogP contribution in [0.4, 0.5) is 0 Å². The third-order valence-corrected chi connectivity index (χ3v) is 5.09. The zero-order valence-corrected chi connectivity index (χ0v) is 15.1. The lowest BCUT2D eigenvalue weighted by Crippen LogP contribution is -2.36. The molecule has 1 nitrogen and oxygen atoms in total. The largest absolute Gasteiger partial charge is 0.289 e. The summed E-state index contributed by atoms with van der Waals surface area (Å²) < 4.78 is -0.216. The fourth-order valence-electron chi connectivity index (χ4n) is 2.21. The molecule has 0 saturated heterocycles. The summed E-state index contributed by atoms with van der Waals surface area (Å²) in [6, 6.07) is 0. The van der Waals surface area contributed by atoms with Crippen molar-refractivity contribution in [3.05, 3.63) is 23.3 Å². The first-order chi connectivity index (χ1) is 8.29. The number of hydrogen-bond acceptors (Lipinski definition) is 1. The molecule has 0 aromatic carbocycles. The summed E-state index contributed by atoms with van der Waals surface area (Å²) in [6.45, 7) is 17.0. The van der Waals surface area contributed by atoms with Crippen LogP contribution >= 0.6 is 15.9 Å². The number of alkyl halides is 1. The van der Waals surface area contributed by atoms with Crippen molar-refractivity contribution in [2.75, 3.05) is 0 Å². The van der Waals surface area contributed by atoms with E-state index in [1.807, 2.05) is 0 Å². The summed E-state index contributed by atoms with van der Waals surface area (Å²) >= 11 is 3.85. The number of halogens is 1. The topological polar surface area (TPSA) is 17.1 Å². The van der Waals surface area contributed by atoms with Crippen LogP contribution in [0.2, 0.25) is 0 Å². The molecule has 1 rings (SSSR count). The Morgan fingerprint density at radius 3 is 1.47 bits per heavy atom. The van der Waals surface area contributed by atoms with E-state index in [2.05, 4.69) is 83.5 Å². The van der Waals surface area contributed by atoms with Crippen molar-refractivity contribution in [1.82, 2.24) is 0 Å². The molecule has 1 aliphatic carbocycles. The van der Waals surface area contributed by atoms with Gasteiger partial charge in [-0.1, -0.05) is 83.5 Å². The quantitative estimate of drug-likeness (QED) is 0.597. The molecule has 0 aliphatic heterocycles. The summed E-state index contributed by atoms with van der Waals surface area (Å²) in [6.07, 6.45) is 4.24. The van der Waals surface area contributed by atoms with E-state index >= 15 is 0 Å². The van der Waals surface area contributed by atoms with Gasteiger partial charge in [-0.15, -0.1) is 0 Å². The molecule has 0 saturated carbocycles. The van der Waals surface area contributed by atoms with Crippen LogP contribution in [0.25, 0.3) is 0 Å². The summed E-state index contributed by atoms with van der Waals surface area (Å²) in [5, 5.41) is 0. The standard InChI is InChI=1S/C17H27BrO/c1-11(2)17(18)9-12(15(3,4)5)14(19)13(10-17)16(6,7)8/h9-11H,1-8H3. The van der Waals surface area contributed by atoms with Crippen LogP contribution in [-0.4, -0.2) is 10.1 Å². The molecule has 108 valence electrons. The Balaban J connectivity index is 3.48. The van der Waals surface area contributed by atoms with E-state index in [1.165, 1.54) is 0 Å². The number of carbonyl (C=O) groups is 1. The average molecular weight is 327 g/mol. The Morgan fingerprint density at radius 2 is 1.26 bits per heavy atom. The first kappa shape index (κ1) is 16.7. The monoisotopic (exact) mass is 326 g/mol. The third kappa shape index (κ3) is 3.39. The average Bonchev–Trinajstić information content (AvgIpc) is 2.17. The van der Waals surface area contributed by atoms with E-state index < -0.39 is 0 Å². The second-order valence-electron chi connectivity index (χ2n) is 7.93. The SMILES string of the molecule is CC(C)C1(Br)C=C(C(C)(C)C)C(=O)C(C(C)(C)C)=C1. The Hall–Kier alpha value is -0.370. The van der Waals surface area contributed by atoms with Gasteiger partial charge in [0.2, 0.25) is 0 Å².